The Morgan fingerprint density at radius 2 is 1.60 bits per heavy atom. The van der Waals surface area contributed by atoms with Gasteiger partial charge in [-0.2, -0.15) is 8.42 Å². The van der Waals surface area contributed by atoms with Gasteiger partial charge >= 0.3 is 0 Å². The molecule has 2 heterocycles. The van der Waals surface area contributed by atoms with Crippen molar-refractivity contribution in [3.05, 3.63) is 101 Å². The van der Waals surface area contributed by atoms with Crippen LogP contribution in [0.5, 0.6) is 0 Å². The first kappa shape index (κ1) is 32.5. The van der Waals surface area contributed by atoms with Crippen molar-refractivity contribution in [2.24, 2.45) is 0 Å². The standard InChI is InChI=1S/C31H31N3O4S3.Na/c1-3-32-29(30(35)33(4-2)31(32)39)25(22-12-6-5-7-13-22)16-10-17-28-34(18-11-19-41(36,37)38)26-20-23-14-8-9-15-24(23)21-27(26)40-28;/h5-10,12-17,20-21H,3-4,11,18-19H2,1-2H3,(H,36,37,38);. The number of likely N-dealkylation sites (N-methyl/N-ethyl adjacent to an activating group) is 2. The Balaban J connectivity index is 0.00000405. The molecule has 2 aliphatic rings. The summed E-state index contributed by atoms with van der Waals surface area (Å²) in [6.07, 6.45) is 6.13. The molecule has 0 atom stereocenters. The zero-order valence-electron chi connectivity index (χ0n) is 23.9. The summed E-state index contributed by atoms with van der Waals surface area (Å²) in [6.45, 7) is 5.38. The number of anilines is 1. The summed E-state index contributed by atoms with van der Waals surface area (Å²) < 4.78 is 32.1. The van der Waals surface area contributed by atoms with E-state index in [9.17, 15) is 17.8 Å². The number of rotatable bonds is 9. The first-order valence-electron chi connectivity index (χ1n) is 13.5. The van der Waals surface area contributed by atoms with Gasteiger partial charge in [-0.25, -0.2) is 0 Å². The molecule has 3 aromatic rings. The van der Waals surface area contributed by atoms with Crippen molar-refractivity contribution < 1.29 is 17.8 Å². The monoisotopic (exact) mass is 628 g/mol. The quantitative estimate of drug-likeness (QED) is 0.135. The van der Waals surface area contributed by atoms with Gasteiger partial charge in [0.25, 0.3) is 16.0 Å². The van der Waals surface area contributed by atoms with Gasteiger partial charge in [0, 0.05) is 59.7 Å². The Morgan fingerprint density at radius 1 is 0.952 bits per heavy atom. The van der Waals surface area contributed by atoms with Gasteiger partial charge in [-0.3, -0.25) is 14.2 Å². The van der Waals surface area contributed by atoms with Gasteiger partial charge in [0.2, 0.25) is 0 Å². The third-order valence-electron chi connectivity index (χ3n) is 7.04. The fourth-order valence-corrected chi connectivity index (χ4v) is 7.16. The van der Waals surface area contributed by atoms with Gasteiger partial charge in [-0.15, -0.1) is 0 Å². The molecule has 213 valence electrons. The molecule has 0 saturated carbocycles. The van der Waals surface area contributed by atoms with E-state index < -0.39 is 10.1 Å². The van der Waals surface area contributed by atoms with E-state index in [-0.39, 0.29) is 47.6 Å². The molecule has 0 unspecified atom stereocenters. The zero-order valence-corrected chi connectivity index (χ0v) is 28.3. The molecule has 2 aliphatic heterocycles. The topological polar surface area (TPSA) is 81.2 Å². The molecule has 1 fully saturated rings. The van der Waals surface area contributed by atoms with Crippen LogP contribution < -0.4 is 4.90 Å². The molecule has 0 aliphatic carbocycles. The van der Waals surface area contributed by atoms with Crippen LogP contribution in [0.3, 0.4) is 0 Å². The SMILES string of the molecule is CCN1C(=O)C(=C(C=CC=C2Sc3cc4ccccc4cc3N2CCCS(=O)(=O)O)c2ccccc2)N(CC)C1=S.[Na]. The minimum Gasteiger partial charge on any atom is -0.335 e. The molecule has 11 heteroatoms. The molecule has 0 bridgehead atoms. The van der Waals surface area contributed by atoms with Crippen molar-refractivity contribution in [3.63, 3.8) is 0 Å². The summed E-state index contributed by atoms with van der Waals surface area (Å²) >= 11 is 7.24. The number of hydrogen-bond acceptors (Lipinski definition) is 6. The van der Waals surface area contributed by atoms with Crippen LogP contribution in [0.1, 0.15) is 25.8 Å². The summed E-state index contributed by atoms with van der Waals surface area (Å²) in [6, 6.07) is 22.2. The van der Waals surface area contributed by atoms with Crippen molar-refractivity contribution in [2.75, 3.05) is 30.3 Å². The minimum absolute atomic E-state index is 0. The Kier molecular flexibility index (Phi) is 10.7. The van der Waals surface area contributed by atoms with E-state index in [4.69, 9.17) is 12.2 Å². The van der Waals surface area contributed by atoms with Crippen LogP contribution in [0.2, 0.25) is 0 Å². The average molecular weight is 629 g/mol. The van der Waals surface area contributed by atoms with Crippen LogP contribution in [0.25, 0.3) is 16.3 Å². The molecule has 0 spiro atoms. The van der Waals surface area contributed by atoms with Gasteiger partial charge in [0.1, 0.15) is 5.70 Å². The summed E-state index contributed by atoms with van der Waals surface area (Å²) in [5.74, 6) is -0.426. The molecular weight excluding hydrogens is 598 g/mol. The Hall–Kier alpha value is -2.44. The van der Waals surface area contributed by atoms with Crippen LogP contribution in [0.15, 0.2) is 101 Å². The number of allylic oxidation sites excluding steroid dienone is 4. The fraction of sp³-hybridized carbons (Fsp3) is 0.226. The Bertz CT molecular complexity index is 1700. The number of fused-ring (bicyclic) bond motifs is 2. The van der Waals surface area contributed by atoms with E-state index >= 15 is 0 Å². The van der Waals surface area contributed by atoms with Gasteiger partial charge in [-0.1, -0.05) is 78.5 Å². The maximum Gasteiger partial charge on any atom is 0.277 e. The molecule has 3 aromatic carbocycles. The fourth-order valence-electron chi connectivity index (χ4n) is 5.11. The first-order valence-corrected chi connectivity index (χ1v) is 16.3. The van der Waals surface area contributed by atoms with Crippen LogP contribution in [-0.4, -0.2) is 88.7 Å². The predicted octanol–water partition coefficient (Wildman–Crippen LogP) is 5.93. The number of carbonyl (C=O) groups excluding carboxylic acids is 1. The molecule has 0 aromatic heterocycles. The largest absolute Gasteiger partial charge is 0.335 e. The van der Waals surface area contributed by atoms with Crippen molar-refractivity contribution >= 4 is 96.7 Å². The number of nitrogens with zero attached hydrogens (tertiary/aromatic N) is 3. The third kappa shape index (κ3) is 6.86. The number of thiocarbonyl (C=S) groups is 1. The Morgan fingerprint density at radius 3 is 2.24 bits per heavy atom. The number of thioether (sulfide) groups is 1. The smallest absolute Gasteiger partial charge is 0.277 e. The molecule has 1 amide bonds. The van der Waals surface area contributed by atoms with Crippen LogP contribution in [0, 0.1) is 0 Å². The zero-order chi connectivity index (χ0) is 29.1. The number of hydrogen-bond donors (Lipinski definition) is 1. The van der Waals surface area contributed by atoms with Gasteiger partial charge < -0.3 is 9.80 Å². The molecule has 1 N–H and O–H groups in total. The summed E-state index contributed by atoms with van der Waals surface area (Å²) in [5.41, 5.74) is 3.23. The third-order valence-corrected chi connectivity index (χ3v) is 9.39. The second kappa shape index (κ2) is 13.9. The molecular formula is C31H31N3NaO4S3. The maximum absolute atomic E-state index is 13.5. The number of carbonyl (C=O) groups is 1. The normalized spacial score (nSPS) is 17.5. The van der Waals surface area contributed by atoms with Gasteiger partial charge in [0.15, 0.2) is 5.11 Å². The molecule has 1 saturated heterocycles. The van der Waals surface area contributed by atoms with Crippen LogP contribution in [-0.2, 0) is 14.9 Å². The van der Waals surface area contributed by atoms with E-state index in [2.05, 4.69) is 29.2 Å². The van der Waals surface area contributed by atoms with E-state index in [1.54, 1.807) is 16.7 Å². The Labute approximate surface area is 279 Å². The summed E-state index contributed by atoms with van der Waals surface area (Å²) in [5, 5.41) is 3.65. The molecule has 42 heavy (non-hydrogen) atoms. The minimum atomic E-state index is -4.06. The summed E-state index contributed by atoms with van der Waals surface area (Å²) in [7, 11) is -4.06. The molecule has 5 rings (SSSR count). The molecule has 7 nitrogen and oxygen atoms in total. The van der Waals surface area contributed by atoms with E-state index in [0.717, 1.165) is 37.5 Å². The summed E-state index contributed by atoms with van der Waals surface area (Å²) in [4.78, 5) is 20.1. The van der Waals surface area contributed by atoms with Crippen molar-refractivity contribution in [2.45, 2.75) is 25.2 Å². The average Bonchev–Trinajstić information content (AvgIpc) is 3.41. The second-order valence-electron chi connectivity index (χ2n) is 9.63. The molecule has 1 radical (unpaired) electrons. The maximum atomic E-state index is 13.5. The first-order chi connectivity index (χ1) is 19.7. The number of amides is 1. The van der Waals surface area contributed by atoms with Gasteiger partial charge in [0.05, 0.1) is 16.5 Å². The van der Waals surface area contributed by atoms with Gasteiger partial charge in [-0.05, 0) is 67.0 Å². The van der Waals surface area contributed by atoms with Crippen LogP contribution in [0.4, 0.5) is 5.69 Å². The second-order valence-corrected chi connectivity index (χ2v) is 12.6. The van der Waals surface area contributed by atoms with Crippen molar-refractivity contribution in [1.29, 1.82) is 0 Å². The van der Waals surface area contributed by atoms with E-state index in [1.807, 2.05) is 79.4 Å². The van der Waals surface area contributed by atoms with Crippen LogP contribution >= 0.6 is 24.0 Å². The predicted molar refractivity (Wildman–Crippen MR) is 177 cm³/mol. The van der Waals surface area contributed by atoms with Crippen molar-refractivity contribution in [3.8, 4) is 0 Å². The number of benzene rings is 3. The van der Waals surface area contributed by atoms with E-state index in [1.165, 1.54) is 0 Å². The van der Waals surface area contributed by atoms with E-state index in [0.29, 0.717) is 30.4 Å². The van der Waals surface area contributed by atoms with Crippen molar-refractivity contribution in [1.82, 2.24) is 9.80 Å².